The molecular formula is C31H36ClN3O4S. The van der Waals surface area contributed by atoms with Gasteiger partial charge in [-0.3, -0.25) is 13.9 Å². The van der Waals surface area contributed by atoms with Gasteiger partial charge >= 0.3 is 0 Å². The molecule has 0 aromatic heterocycles. The lowest BCUT2D eigenvalue weighted by Gasteiger charge is -2.34. The lowest BCUT2D eigenvalue weighted by molar-refractivity contribution is -0.140. The monoisotopic (exact) mass is 581 g/mol. The van der Waals surface area contributed by atoms with Crippen molar-refractivity contribution in [3.63, 3.8) is 0 Å². The van der Waals surface area contributed by atoms with E-state index in [1.54, 1.807) is 36.4 Å². The minimum Gasteiger partial charge on any atom is -0.352 e. The largest absolute Gasteiger partial charge is 0.352 e. The normalized spacial score (nSPS) is 14.5. The Morgan fingerprint density at radius 3 is 2.20 bits per heavy atom. The summed E-state index contributed by atoms with van der Waals surface area (Å²) in [6.07, 6.45) is 4.36. The lowest BCUT2D eigenvalue weighted by Crippen LogP contribution is -2.53. The predicted octanol–water partition coefficient (Wildman–Crippen LogP) is 5.71. The second-order valence-corrected chi connectivity index (χ2v) is 12.5. The first-order valence-electron chi connectivity index (χ1n) is 13.7. The number of halogens is 1. The highest BCUT2D eigenvalue weighted by Gasteiger charge is 2.35. The number of carbonyl (C=O) groups excluding carboxylic acids is 2. The first-order valence-corrected chi connectivity index (χ1v) is 15.5. The van der Waals surface area contributed by atoms with Crippen LogP contribution in [0.4, 0.5) is 5.69 Å². The van der Waals surface area contributed by atoms with Crippen LogP contribution >= 0.6 is 11.6 Å². The summed E-state index contributed by atoms with van der Waals surface area (Å²) >= 11 is 6.47. The van der Waals surface area contributed by atoms with E-state index in [0.717, 1.165) is 41.1 Å². The van der Waals surface area contributed by atoms with Crippen LogP contribution in [0.15, 0.2) is 83.8 Å². The summed E-state index contributed by atoms with van der Waals surface area (Å²) in [5, 5.41) is 3.32. The average Bonchev–Trinajstić information content (AvgIpc) is 3.46. The Kier molecular flexibility index (Phi) is 9.87. The summed E-state index contributed by atoms with van der Waals surface area (Å²) in [5.74, 6) is -0.711. The van der Waals surface area contributed by atoms with Gasteiger partial charge in [0, 0.05) is 12.6 Å². The average molecular weight is 582 g/mol. The number of anilines is 1. The number of nitrogens with one attached hydrogen (secondary N) is 1. The van der Waals surface area contributed by atoms with Crippen LogP contribution in [0.5, 0.6) is 0 Å². The molecule has 0 bridgehead atoms. The van der Waals surface area contributed by atoms with Gasteiger partial charge in [0.2, 0.25) is 11.8 Å². The molecule has 7 nitrogen and oxygen atoms in total. The number of benzene rings is 3. The molecule has 3 aromatic carbocycles. The molecule has 0 heterocycles. The Bertz CT molecular complexity index is 1410. The van der Waals surface area contributed by atoms with E-state index in [2.05, 4.69) is 5.32 Å². The number of rotatable bonds is 11. The van der Waals surface area contributed by atoms with Gasteiger partial charge in [0.05, 0.1) is 15.6 Å². The van der Waals surface area contributed by atoms with Crippen LogP contribution in [-0.4, -0.2) is 43.8 Å². The van der Waals surface area contributed by atoms with E-state index in [1.807, 2.05) is 44.2 Å². The van der Waals surface area contributed by atoms with Crippen LogP contribution < -0.4 is 9.62 Å². The SMILES string of the molecule is CC[C@H](C(=O)NC1CCCC1)N(Cc1ccccc1)C(=O)CN(c1ccccc1Cl)S(=O)(=O)c1ccc(C)cc1. The Balaban J connectivity index is 1.71. The van der Waals surface area contributed by atoms with E-state index in [9.17, 15) is 18.0 Å². The van der Waals surface area contributed by atoms with E-state index in [0.29, 0.717) is 6.42 Å². The van der Waals surface area contributed by atoms with Crippen molar-refractivity contribution in [2.75, 3.05) is 10.8 Å². The van der Waals surface area contributed by atoms with Crippen molar-refractivity contribution in [3.05, 3.63) is 95.0 Å². The van der Waals surface area contributed by atoms with Crippen molar-refractivity contribution in [3.8, 4) is 0 Å². The first-order chi connectivity index (χ1) is 19.2. The summed E-state index contributed by atoms with van der Waals surface area (Å²) in [6, 6.07) is 21.7. The zero-order valence-corrected chi connectivity index (χ0v) is 24.5. The number of sulfonamides is 1. The maximum absolute atomic E-state index is 14.1. The van der Waals surface area contributed by atoms with Crippen LogP contribution in [0.1, 0.15) is 50.2 Å². The quantitative estimate of drug-likeness (QED) is 0.314. The Morgan fingerprint density at radius 2 is 1.57 bits per heavy atom. The zero-order chi connectivity index (χ0) is 28.7. The van der Waals surface area contributed by atoms with Crippen molar-refractivity contribution in [1.82, 2.24) is 10.2 Å². The highest BCUT2D eigenvalue weighted by atomic mass is 35.5. The number of carbonyl (C=O) groups is 2. The van der Waals surface area contributed by atoms with Crippen molar-refractivity contribution in [1.29, 1.82) is 0 Å². The van der Waals surface area contributed by atoms with Gasteiger partial charge in [-0.25, -0.2) is 8.42 Å². The van der Waals surface area contributed by atoms with E-state index in [4.69, 9.17) is 11.6 Å². The number of hydrogen-bond acceptors (Lipinski definition) is 4. The van der Waals surface area contributed by atoms with Gasteiger partial charge in [-0.2, -0.15) is 0 Å². The number of para-hydroxylation sites is 1. The zero-order valence-electron chi connectivity index (χ0n) is 22.9. The molecule has 1 aliphatic rings. The second kappa shape index (κ2) is 13.3. The molecule has 40 heavy (non-hydrogen) atoms. The maximum atomic E-state index is 14.1. The van der Waals surface area contributed by atoms with E-state index >= 15 is 0 Å². The van der Waals surface area contributed by atoms with Gasteiger partial charge in [-0.15, -0.1) is 0 Å². The molecule has 1 atom stereocenters. The Labute approximate surface area is 242 Å². The third kappa shape index (κ3) is 7.04. The van der Waals surface area contributed by atoms with Gasteiger partial charge in [0.15, 0.2) is 0 Å². The van der Waals surface area contributed by atoms with E-state index < -0.39 is 28.5 Å². The van der Waals surface area contributed by atoms with Crippen molar-refractivity contribution >= 4 is 39.1 Å². The third-order valence-electron chi connectivity index (χ3n) is 7.29. The van der Waals surface area contributed by atoms with Gasteiger partial charge in [0.25, 0.3) is 10.0 Å². The van der Waals surface area contributed by atoms with Gasteiger partial charge in [0.1, 0.15) is 12.6 Å². The summed E-state index contributed by atoms with van der Waals surface area (Å²) in [6.45, 7) is 3.38. The van der Waals surface area contributed by atoms with Crippen molar-refractivity contribution in [2.45, 2.75) is 69.5 Å². The van der Waals surface area contributed by atoms with Crippen LogP contribution in [-0.2, 0) is 26.2 Å². The van der Waals surface area contributed by atoms with Gasteiger partial charge in [-0.05, 0) is 56.0 Å². The maximum Gasteiger partial charge on any atom is 0.264 e. The van der Waals surface area contributed by atoms with Crippen LogP contribution in [0.3, 0.4) is 0 Å². The number of aryl methyl sites for hydroxylation is 1. The molecular weight excluding hydrogens is 546 g/mol. The molecule has 0 radical (unpaired) electrons. The molecule has 1 N–H and O–H groups in total. The fourth-order valence-electron chi connectivity index (χ4n) is 5.07. The fourth-order valence-corrected chi connectivity index (χ4v) is 6.79. The minimum atomic E-state index is -4.17. The number of nitrogens with zero attached hydrogens (tertiary/aromatic N) is 2. The van der Waals surface area contributed by atoms with Gasteiger partial charge < -0.3 is 10.2 Å². The standard InChI is InChI=1S/C31H36ClN3O4S/c1-3-28(31(37)33-25-13-7-8-14-25)34(21-24-11-5-4-6-12-24)30(36)22-35(29-16-10-9-15-27(29)32)40(38,39)26-19-17-23(2)18-20-26/h4-6,9-12,15-20,25,28H,3,7-8,13-14,21-22H2,1-2H3,(H,33,37)/t28-/m1/s1. The van der Waals surface area contributed by atoms with Crippen LogP contribution in [0.25, 0.3) is 0 Å². The van der Waals surface area contributed by atoms with E-state index in [-0.39, 0.29) is 34.1 Å². The smallest absolute Gasteiger partial charge is 0.264 e. The van der Waals surface area contributed by atoms with Crippen molar-refractivity contribution < 1.29 is 18.0 Å². The van der Waals surface area contributed by atoms with Crippen LogP contribution in [0.2, 0.25) is 5.02 Å². The second-order valence-electron chi connectivity index (χ2n) is 10.2. The molecule has 1 saturated carbocycles. The minimum absolute atomic E-state index is 0.0476. The predicted molar refractivity (Wildman–Crippen MR) is 159 cm³/mol. The third-order valence-corrected chi connectivity index (χ3v) is 9.39. The Hall–Kier alpha value is -3.36. The number of amides is 2. The molecule has 3 aromatic rings. The van der Waals surface area contributed by atoms with Gasteiger partial charge in [-0.1, -0.05) is 91.5 Å². The molecule has 1 fully saturated rings. The Morgan fingerprint density at radius 1 is 0.950 bits per heavy atom. The van der Waals surface area contributed by atoms with E-state index in [1.165, 1.54) is 17.0 Å². The molecule has 0 unspecified atom stereocenters. The molecule has 0 saturated heterocycles. The lowest BCUT2D eigenvalue weighted by atomic mass is 10.1. The number of hydrogen-bond donors (Lipinski definition) is 1. The summed E-state index contributed by atoms with van der Waals surface area (Å²) in [5.41, 5.74) is 1.95. The highest BCUT2D eigenvalue weighted by molar-refractivity contribution is 7.92. The summed E-state index contributed by atoms with van der Waals surface area (Å²) in [4.78, 5) is 29.1. The summed E-state index contributed by atoms with van der Waals surface area (Å²) in [7, 11) is -4.17. The molecule has 212 valence electrons. The van der Waals surface area contributed by atoms with Crippen molar-refractivity contribution in [2.24, 2.45) is 0 Å². The molecule has 2 amide bonds. The topological polar surface area (TPSA) is 86.8 Å². The first kappa shape index (κ1) is 29.6. The molecule has 9 heteroatoms. The fraction of sp³-hybridized carbons (Fsp3) is 0.355. The molecule has 1 aliphatic carbocycles. The highest BCUT2D eigenvalue weighted by Crippen LogP contribution is 2.31. The summed E-state index contributed by atoms with van der Waals surface area (Å²) < 4.78 is 28.9. The van der Waals surface area contributed by atoms with Crippen LogP contribution in [0, 0.1) is 6.92 Å². The molecule has 0 aliphatic heterocycles. The molecule has 0 spiro atoms. The molecule has 4 rings (SSSR count).